The number of hydrogen-bond donors (Lipinski definition) is 1. The Morgan fingerprint density at radius 3 is 2.77 bits per heavy atom. The predicted molar refractivity (Wildman–Crippen MR) is 98.5 cm³/mol. The second kappa shape index (κ2) is 8.84. The van der Waals surface area contributed by atoms with Crippen LogP contribution in [0.15, 0.2) is 60.2 Å². The third-order valence-corrected chi connectivity index (χ3v) is 4.03. The van der Waals surface area contributed by atoms with Crippen LogP contribution in [-0.2, 0) is 9.53 Å². The van der Waals surface area contributed by atoms with Crippen molar-refractivity contribution in [2.24, 2.45) is 0 Å². The molecular weight excluding hydrogens is 328 g/mol. The molecule has 1 heterocycles. The molecule has 0 aliphatic carbocycles. The molecule has 132 valence electrons. The van der Waals surface area contributed by atoms with Crippen molar-refractivity contribution in [3.8, 4) is 17.6 Å². The largest absolute Gasteiger partial charge is 0.457 e. The van der Waals surface area contributed by atoms with Gasteiger partial charge in [0.05, 0.1) is 6.10 Å². The fourth-order valence-corrected chi connectivity index (χ4v) is 2.71. The maximum Gasteiger partial charge on any atom is 0.262 e. The molecule has 5 nitrogen and oxygen atoms in total. The summed E-state index contributed by atoms with van der Waals surface area (Å²) in [6.07, 6.45) is 3.55. The smallest absolute Gasteiger partial charge is 0.262 e. The van der Waals surface area contributed by atoms with Gasteiger partial charge in [-0.05, 0) is 48.7 Å². The molecule has 1 amide bonds. The van der Waals surface area contributed by atoms with Gasteiger partial charge in [0.2, 0.25) is 0 Å². The molecule has 2 aromatic carbocycles. The van der Waals surface area contributed by atoms with Crippen molar-refractivity contribution in [1.82, 2.24) is 5.32 Å². The van der Waals surface area contributed by atoms with Gasteiger partial charge in [-0.2, -0.15) is 5.26 Å². The van der Waals surface area contributed by atoms with Gasteiger partial charge < -0.3 is 14.8 Å². The number of nitriles is 1. The van der Waals surface area contributed by atoms with Crippen molar-refractivity contribution in [2.75, 3.05) is 13.2 Å². The quantitative estimate of drug-likeness (QED) is 0.638. The average Bonchev–Trinajstić information content (AvgIpc) is 3.19. The Kier molecular flexibility index (Phi) is 6.02. The number of rotatable bonds is 6. The van der Waals surface area contributed by atoms with Crippen molar-refractivity contribution >= 4 is 12.0 Å². The minimum atomic E-state index is -0.391. The molecule has 1 N–H and O–H groups in total. The summed E-state index contributed by atoms with van der Waals surface area (Å²) >= 11 is 0. The third kappa shape index (κ3) is 4.95. The molecule has 0 radical (unpaired) electrons. The van der Waals surface area contributed by atoms with Crippen LogP contribution in [0.1, 0.15) is 18.4 Å². The molecule has 0 aromatic heterocycles. The number of nitrogens with zero attached hydrogens (tertiary/aromatic N) is 1. The Morgan fingerprint density at radius 1 is 1.23 bits per heavy atom. The fraction of sp³-hybridized carbons (Fsp3) is 0.238. The number of ether oxygens (including phenoxy) is 2. The lowest BCUT2D eigenvalue weighted by Crippen LogP contribution is -2.32. The van der Waals surface area contributed by atoms with Gasteiger partial charge in [0, 0.05) is 13.2 Å². The standard InChI is InChI=1S/C21H20N2O3/c22-14-17(21(24)23-15-20-10-5-11-25-20)12-16-6-4-9-19(13-16)26-18-7-2-1-3-8-18/h1-4,6-9,12-13,20H,5,10-11,15H2,(H,23,24)/b17-12+/t20-/m1/s1. The highest BCUT2D eigenvalue weighted by atomic mass is 16.5. The maximum atomic E-state index is 12.2. The number of carbonyl (C=O) groups excluding carboxylic acids is 1. The molecule has 5 heteroatoms. The number of nitrogens with one attached hydrogen (secondary N) is 1. The molecule has 0 bridgehead atoms. The minimum absolute atomic E-state index is 0.0430. The Labute approximate surface area is 152 Å². The van der Waals surface area contributed by atoms with Crippen LogP contribution in [0, 0.1) is 11.3 Å². The molecule has 0 saturated carbocycles. The van der Waals surface area contributed by atoms with Crippen LogP contribution in [0.5, 0.6) is 11.5 Å². The number of amides is 1. The van der Waals surface area contributed by atoms with Gasteiger partial charge in [-0.15, -0.1) is 0 Å². The zero-order valence-electron chi connectivity index (χ0n) is 14.4. The Morgan fingerprint density at radius 2 is 2.04 bits per heavy atom. The van der Waals surface area contributed by atoms with E-state index in [0.717, 1.165) is 30.8 Å². The van der Waals surface area contributed by atoms with Crippen LogP contribution < -0.4 is 10.1 Å². The first-order valence-corrected chi connectivity index (χ1v) is 8.59. The van der Waals surface area contributed by atoms with Gasteiger partial charge >= 0.3 is 0 Å². The minimum Gasteiger partial charge on any atom is -0.457 e. The summed E-state index contributed by atoms with van der Waals surface area (Å²) in [5, 5.41) is 12.1. The van der Waals surface area contributed by atoms with E-state index in [1.165, 1.54) is 0 Å². The van der Waals surface area contributed by atoms with Crippen molar-refractivity contribution in [3.63, 3.8) is 0 Å². The normalized spacial score (nSPS) is 16.7. The van der Waals surface area contributed by atoms with Crippen LogP contribution >= 0.6 is 0 Å². The molecule has 0 spiro atoms. The molecule has 26 heavy (non-hydrogen) atoms. The van der Waals surface area contributed by atoms with Crippen molar-refractivity contribution in [3.05, 3.63) is 65.7 Å². The molecule has 2 aromatic rings. The second-order valence-electron chi connectivity index (χ2n) is 6.00. The molecule has 3 rings (SSSR count). The van der Waals surface area contributed by atoms with E-state index in [1.807, 2.05) is 54.6 Å². The van der Waals surface area contributed by atoms with E-state index in [-0.39, 0.29) is 11.7 Å². The third-order valence-electron chi connectivity index (χ3n) is 4.03. The van der Waals surface area contributed by atoms with Crippen LogP contribution in [0.4, 0.5) is 0 Å². The molecule has 0 unspecified atom stereocenters. The lowest BCUT2D eigenvalue weighted by atomic mass is 10.1. The highest BCUT2D eigenvalue weighted by molar-refractivity contribution is 6.01. The van der Waals surface area contributed by atoms with Crippen LogP contribution in [0.25, 0.3) is 6.08 Å². The van der Waals surface area contributed by atoms with Crippen molar-refractivity contribution in [2.45, 2.75) is 18.9 Å². The van der Waals surface area contributed by atoms with Crippen molar-refractivity contribution in [1.29, 1.82) is 5.26 Å². The Bertz CT molecular complexity index is 819. The maximum absolute atomic E-state index is 12.2. The summed E-state index contributed by atoms with van der Waals surface area (Å²) in [5.74, 6) is 0.975. The highest BCUT2D eigenvalue weighted by Crippen LogP contribution is 2.22. The molecule has 1 saturated heterocycles. The van der Waals surface area contributed by atoms with Gasteiger partial charge in [-0.1, -0.05) is 30.3 Å². The van der Waals surface area contributed by atoms with E-state index in [9.17, 15) is 10.1 Å². The summed E-state index contributed by atoms with van der Waals surface area (Å²) in [6.45, 7) is 1.16. The summed E-state index contributed by atoms with van der Waals surface area (Å²) in [7, 11) is 0. The highest BCUT2D eigenvalue weighted by Gasteiger charge is 2.17. The number of benzene rings is 2. The van der Waals surface area contributed by atoms with Crippen LogP contribution in [0.3, 0.4) is 0 Å². The molecule has 1 atom stereocenters. The molecular formula is C21H20N2O3. The first-order valence-electron chi connectivity index (χ1n) is 8.59. The topological polar surface area (TPSA) is 71.3 Å². The van der Waals surface area contributed by atoms with Gasteiger partial charge in [0.15, 0.2) is 0 Å². The molecule has 1 aliphatic rings. The first kappa shape index (κ1) is 17.7. The average molecular weight is 348 g/mol. The van der Waals surface area contributed by atoms with E-state index >= 15 is 0 Å². The molecule has 1 fully saturated rings. The van der Waals surface area contributed by atoms with E-state index in [0.29, 0.717) is 12.3 Å². The first-order chi connectivity index (χ1) is 12.7. The summed E-state index contributed by atoms with van der Waals surface area (Å²) in [6, 6.07) is 18.7. The van der Waals surface area contributed by atoms with E-state index in [2.05, 4.69) is 5.32 Å². The van der Waals surface area contributed by atoms with Gasteiger partial charge in [-0.3, -0.25) is 4.79 Å². The number of para-hydroxylation sites is 1. The SMILES string of the molecule is N#C/C(=C\c1cccc(Oc2ccccc2)c1)C(=O)NC[C@H]1CCCO1. The molecule has 1 aliphatic heterocycles. The van der Waals surface area contributed by atoms with E-state index in [1.54, 1.807) is 12.1 Å². The second-order valence-corrected chi connectivity index (χ2v) is 6.00. The number of hydrogen-bond acceptors (Lipinski definition) is 4. The number of carbonyl (C=O) groups is 1. The monoisotopic (exact) mass is 348 g/mol. The van der Waals surface area contributed by atoms with Gasteiger partial charge in [-0.25, -0.2) is 0 Å². The van der Waals surface area contributed by atoms with Crippen molar-refractivity contribution < 1.29 is 14.3 Å². The van der Waals surface area contributed by atoms with Gasteiger partial charge in [0.1, 0.15) is 23.1 Å². The summed E-state index contributed by atoms with van der Waals surface area (Å²) in [5.41, 5.74) is 0.780. The lowest BCUT2D eigenvalue weighted by Gasteiger charge is -2.10. The van der Waals surface area contributed by atoms with E-state index in [4.69, 9.17) is 9.47 Å². The van der Waals surface area contributed by atoms with Crippen LogP contribution in [0.2, 0.25) is 0 Å². The van der Waals surface area contributed by atoms with Crippen LogP contribution in [-0.4, -0.2) is 25.2 Å². The zero-order chi connectivity index (χ0) is 18.2. The lowest BCUT2D eigenvalue weighted by molar-refractivity contribution is -0.117. The van der Waals surface area contributed by atoms with E-state index < -0.39 is 5.91 Å². The zero-order valence-corrected chi connectivity index (χ0v) is 14.4. The Hall–Kier alpha value is -3.10. The predicted octanol–water partition coefficient (Wildman–Crippen LogP) is 3.68. The Balaban J connectivity index is 1.67. The summed E-state index contributed by atoms with van der Waals surface area (Å²) in [4.78, 5) is 12.2. The summed E-state index contributed by atoms with van der Waals surface area (Å²) < 4.78 is 11.3. The fourth-order valence-electron chi connectivity index (χ4n) is 2.71. The van der Waals surface area contributed by atoms with Gasteiger partial charge in [0.25, 0.3) is 5.91 Å².